The fourth-order valence-electron chi connectivity index (χ4n) is 2.24. The molecule has 1 aliphatic rings. The maximum absolute atomic E-state index is 12.2. The van der Waals surface area contributed by atoms with Gasteiger partial charge in [-0.2, -0.15) is 0 Å². The van der Waals surface area contributed by atoms with Crippen molar-refractivity contribution in [2.45, 2.75) is 38.1 Å². The third-order valence-electron chi connectivity index (χ3n) is 3.35. The van der Waals surface area contributed by atoms with Gasteiger partial charge in [-0.05, 0) is 44.4 Å². The van der Waals surface area contributed by atoms with Gasteiger partial charge in [-0.15, -0.1) is 0 Å². The lowest BCUT2D eigenvalue weighted by atomic mass is 9.94. The second-order valence-corrected chi connectivity index (χ2v) is 7.41. The van der Waals surface area contributed by atoms with Gasteiger partial charge in [0, 0.05) is 11.7 Å². The Hall–Kier alpha value is -1.56. The van der Waals surface area contributed by atoms with Gasteiger partial charge in [0.15, 0.2) is 0 Å². The predicted octanol–water partition coefficient (Wildman–Crippen LogP) is 1.61. The van der Waals surface area contributed by atoms with Crippen LogP contribution in [0, 0.1) is 0 Å². The molecule has 0 spiro atoms. The maximum atomic E-state index is 12.2. The van der Waals surface area contributed by atoms with Gasteiger partial charge in [0.25, 0.3) is 0 Å². The lowest BCUT2D eigenvalue weighted by molar-refractivity contribution is -0.124. The van der Waals surface area contributed by atoms with Gasteiger partial charge in [0.2, 0.25) is 15.9 Å². The van der Waals surface area contributed by atoms with Gasteiger partial charge in [0.05, 0.1) is 11.7 Å². The van der Waals surface area contributed by atoms with Gasteiger partial charge >= 0.3 is 0 Å². The Morgan fingerprint density at radius 1 is 1.20 bits per heavy atom. The van der Waals surface area contributed by atoms with Crippen molar-refractivity contribution in [3.8, 4) is 0 Å². The first-order chi connectivity index (χ1) is 9.23. The topological polar surface area (TPSA) is 75.3 Å². The number of amides is 1. The summed E-state index contributed by atoms with van der Waals surface area (Å²) in [5.41, 5.74) is 1.03. The Morgan fingerprint density at radius 2 is 1.75 bits per heavy atom. The van der Waals surface area contributed by atoms with E-state index in [0.29, 0.717) is 5.69 Å². The Bertz CT molecular complexity index is 602. The summed E-state index contributed by atoms with van der Waals surface area (Å²) in [5.74, 6) is 0.0522. The first kappa shape index (κ1) is 14.8. The molecule has 5 nitrogen and oxygen atoms in total. The number of nitrogens with one attached hydrogen (secondary N) is 2. The highest BCUT2D eigenvalue weighted by molar-refractivity contribution is 7.92. The molecule has 0 aliphatic heterocycles. The highest BCUT2D eigenvalue weighted by Crippen LogP contribution is 2.48. The zero-order valence-electron chi connectivity index (χ0n) is 11.9. The minimum absolute atomic E-state index is 0.0522. The number of carbonyl (C=O) groups excluding carboxylic acids is 1. The number of benzene rings is 1. The van der Waals surface area contributed by atoms with Crippen molar-refractivity contribution in [3.05, 3.63) is 29.8 Å². The SMILES string of the molecule is CC(C)NC(=O)C1(c2ccc(NS(C)(=O)=O)cc2)CC1. The van der Waals surface area contributed by atoms with Gasteiger partial charge in [-0.3, -0.25) is 9.52 Å². The van der Waals surface area contributed by atoms with E-state index in [4.69, 9.17) is 0 Å². The van der Waals surface area contributed by atoms with Gasteiger partial charge in [0.1, 0.15) is 0 Å². The third-order valence-corrected chi connectivity index (χ3v) is 3.95. The van der Waals surface area contributed by atoms with Crippen LogP contribution < -0.4 is 10.0 Å². The summed E-state index contributed by atoms with van der Waals surface area (Å²) in [5, 5.41) is 2.95. The molecular formula is C14H20N2O3S. The molecule has 1 saturated carbocycles. The second kappa shape index (κ2) is 5.09. The Labute approximate surface area is 119 Å². The van der Waals surface area contributed by atoms with Crippen LogP contribution in [0.25, 0.3) is 0 Å². The van der Waals surface area contributed by atoms with E-state index in [1.54, 1.807) is 12.1 Å². The van der Waals surface area contributed by atoms with Crippen LogP contribution in [0.4, 0.5) is 5.69 Å². The zero-order valence-corrected chi connectivity index (χ0v) is 12.8. The molecular weight excluding hydrogens is 276 g/mol. The minimum Gasteiger partial charge on any atom is -0.353 e. The lowest BCUT2D eigenvalue weighted by Gasteiger charge is -2.18. The number of rotatable bonds is 5. The molecule has 0 heterocycles. The van der Waals surface area contributed by atoms with Crippen LogP contribution in [0.3, 0.4) is 0 Å². The molecule has 6 heteroatoms. The van der Waals surface area contributed by atoms with Crippen LogP contribution in [0.15, 0.2) is 24.3 Å². The number of anilines is 1. The monoisotopic (exact) mass is 296 g/mol. The molecule has 1 aromatic carbocycles. The molecule has 0 bridgehead atoms. The summed E-state index contributed by atoms with van der Waals surface area (Å²) < 4.78 is 24.7. The summed E-state index contributed by atoms with van der Waals surface area (Å²) in [6.45, 7) is 3.88. The van der Waals surface area contributed by atoms with Crippen molar-refractivity contribution < 1.29 is 13.2 Å². The number of sulfonamides is 1. The van der Waals surface area contributed by atoms with Crippen molar-refractivity contribution in [1.82, 2.24) is 5.32 Å². The van der Waals surface area contributed by atoms with E-state index < -0.39 is 15.4 Å². The van der Waals surface area contributed by atoms with Crippen LogP contribution in [0.2, 0.25) is 0 Å². The van der Waals surface area contributed by atoms with Crippen LogP contribution >= 0.6 is 0 Å². The standard InChI is InChI=1S/C14H20N2O3S/c1-10(2)15-13(17)14(8-9-14)11-4-6-12(7-5-11)16-20(3,18)19/h4-7,10,16H,8-9H2,1-3H3,(H,15,17). The first-order valence-corrected chi connectivity index (χ1v) is 8.51. The Balaban J connectivity index is 2.16. The van der Waals surface area contributed by atoms with Crippen molar-refractivity contribution in [1.29, 1.82) is 0 Å². The van der Waals surface area contributed by atoms with Crippen molar-refractivity contribution in [2.24, 2.45) is 0 Å². The summed E-state index contributed by atoms with van der Waals surface area (Å²) in [7, 11) is -3.27. The smallest absolute Gasteiger partial charge is 0.230 e. The molecule has 0 atom stereocenters. The van der Waals surface area contributed by atoms with E-state index in [-0.39, 0.29) is 11.9 Å². The van der Waals surface area contributed by atoms with E-state index in [1.807, 2.05) is 26.0 Å². The molecule has 1 aliphatic carbocycles. The van der Waals surface area contributed by atoms with Gasteiger partial charge in [-0.1, -0.05) is 12.1 Å². The van der Waals surface area contributed by atoms with Gasteiger partial charge < -0.3 is 5.32 Å². The summed E-state index contributed by atoms with van der Waals surface area (Å²) >= 11 is 0. The number of carbonyl (C=O) groups is 1. The number of hydrogen-bond acceptors (Lipinski definition) is 3. The molecule has 1 amide bonds. The zero-order chi connectivity index (χ0) is 15.0. The molecule has 0 saturated heterocycles. The largest absolute Gasteiger partial charge is 0.353 e. The Morgan fingerprint density at radius 3 is 2.15 bits per heavy atom. The molecule has 0 aromatic heterocycles. The van der Waals surface area contributed by atoms with E-state index in [1.165, 1.54) is 0 Å². The average Bonchev–Trinajstić information content (AvgIpc) is 3.08. The maximum Gasteiger partial charge on any atom is 0.230 e. The number of hydrogen-bond donors (Lipinski definition) is 2. The van der Waals surface area contributed by atoms with E-state index in [0.717, 1.165) is 24.7 Å². The lowest BCUT2D eigenvalue weighted by Crippen LogP contribution is -2.38. The summed E-state index contributed by atoms with van der Waals surface area (Å²) in [6.07, 6.45) is 2.79. The quantitative estimate of drug-likeness (QED) is 0.867. The van der Waals surface area contributed by atoms with Gasteiger partial charge in [-0.25, -0.2) is 8.42 Å². The van der Waals surface area contributed by atoms with E-state index >= 15 is 0 Å². The predicted molar refractivity (Wildman–Crippen MR) is 79.1 cm³/mol. The fraction of sp³-hybridized carbons (Fsp3) is 0.500. The molecule has 1 aromatic rings. The first-order valence-electron chi connectivity index (χ1n) is 6.62. The van der Waals surface area contributed by atoms with Crippen LogP contribution in [0.5, 0.6) is 0 Å². The molecule has 20 heavy (non-hydrogen) atoms. The highest BCUT2D eigenvalue weighted by atomic mass is 32.2. The van der Waals surface area contributed by atoms with E-state index in [2.05, 4.69) is 10.0 Å². The molecule has 2 rings (SSSR count). The normalized spacial score (nSPS) is 16.8. The third kappa shape index (κ3) is 3.30. The average molecular weight is 296 g/mol. The highest BCUT2D eigenvalue weighted by Gasteiger charge is 2.51. The van der Waals surface area contributed by atoms with Crippen LogP contribution in [-0.4, -0.2) is 26.6 Å². The fourth-order valence-corrected chi connectivity index (χ4v) is 2.81. The van der Waals surface area contributed by atoms with E-state index in [9.17, 15) is 13.2 Å². The molecule has 110 valence electrons. The molecule has 0 unspecified atom stereocenters. The summed E-state index contributed by atoms with van der Waals surface area (Å²) in [6, 6.07) is 7.14. The van der Waals surface area contributed by atoms with Crippen LogP contribution in [-0.2, 0) is 20.2 Å². The Kier molecular flexibility index (Phi) is 3.77. The van der Waals surface area contributed by atoms with Crippen molar-refractivity contribution in [2.75, 3.05) is 11.0 Å². The van der Waals surface area contributed by atoms with Crippen molar-refractivity contribution >= 4 is 21.6 Å². The summed E-state index contributed by atoms with van der Waals surface area (Å²) in [4.78, 5) is 12.2. The van der Waals surface area contributed by atoms with Crippen molar-refractivity contribution in [3.63, 3.8) is 0 Å². The minimum atomic E-state index is -3.27. The second-order valence-electron chi connectivity index (χ2n) is 5.66. The van der Waals surface area contributed by atoms with Crippen LogP contribution in [0.1, 0.15) is 32.3 Å². The molecule has 0 radical (unpaired) electrons. The molecule has 2 N–H and O–H groups in total. The molecule has 1 fully saturated rings.